The molecule has 8 heteroatoms. The van der Waals surface area contributed by atoms with Gasteiger partial charge < -0.3 is 4.52 Å². The van der Waals surface area contributed by atoms with Crippen LogP contribution in [-0.4, -0.2) is 36.1 Å². The summed E-state index contributed by atoms with van der Waals surface area (Å²) in [6, 6.07) is 13.8. The van der Waals surface area contributed by atoms with Crippen LogP contribution >= 0.6 is 0 Å². The minimum absolute atomic E-state index is 0.0973. The Labute approximate surface area is 173 Å². The molecule has 148 valence electrons. The second-order valence-electron chi connectivity index (χ2n) is 7.27. The third-order valence-electron chi connectivity index (χ3n) is 5.33. The van der Waals surface area contributed by atoms with Gasteiger partial charge in [0, 0.05) is 30.7 Å². The maximum Gasteiger partial charge on any atom is 0.244 e. The Morgan fingerprint density at radius 3 is 2.80 bits per heavy atom. The average Bonchev–Trinajstić information content (AvgIpc) is 3.56. The van der Waals surface area contributed by atoms with E-state index in [0.717, 1.165) is 37.3 Å². The number of benzene rings is 1. The number of hydrogen-bond acceptors (Lipinski definition) is 7. The van der Waals surface area contributed by atoms with Crippen LogP contribution in [0.4, 0.5) is 0 Å². The molecule has 4 aromatic rings. The van der Waals surface area contributed by atoms with E-state index in [9.17, 15) is 0 Å². The minimum atomic E-state index is 0.0973. The molecule has 1 atom stereocenters. The van der Waals surface area contributed by atoms with Crippen molar-refractivity contribution in [3.63, 3.8) is 0 Å². The first kappa shape index (κ1) is 18.2. The molecule has 0 N–H and O–H groups in total. The van der Waals surface area contributed by atoms with E-state index < -0.39 is 0 Å². The highest BCUT2D eigenvalue weighted by molar-refractivity contribution is 5.53. The van der Waals surface area contributed by atoms with Crippen molar-refractivity contribution in [2.24, 2.45) is 0 Å². The molecule has 1 fully saturated rings. The quantitative estimate of drug-likeness (QED) is 0.508. The van der Waals surface area contributed by atoms with Crippen molar-refractivity contribution in [1.82, 2.24) is 29.6 Å². The number of pyridine rings is 1. The van der Waals surface area contributed by atoms with Gasteiger partial charge in [0.25, 0.3) is 0 Å². The summed E-state index contributed by atoms with van der Waals surface area (Å²) < 4.78 is 7.46. The molecule has 1 aromatic carbocycles. The Morgan fingerprint density at radius 1 is 1.17 bits per heavy atom. The van der Waals surface area contributed by atoms with Crippen molar-refractivity contribution in [2.45, 2.75) is 25.4 Å². The fourth-order valence-electron chi connectivity index (χ4n) is 3.77. The van der Waals surface area contributed by atoms with E-state index in [1.807, 2.05) is 47.2 Å². The van der Waals surface area contributed by atoms with E-state index in [-0.39, 0.29) is 6.04 Å². The normalized spacial score (nSPS) is 16.6. The highest BCUT2D eigenvalue weighted by Gasteiger charge is 2.30. The van der Waals surface area contributed by atoms with E-state index in [0.29, 0.717) is 17.3 Å². The molecular weight excluding hydrogens is 378 g/mol. The molecule has 1 saturated heterocycles. The van der Waals surface area contributed by atoms with E-state index >= 15 is 0 Å². The van der Waals surface area contributed by atoms with Crippen LogP contribution in [0.5, 0.6) is 0 Å². The number of aromatic nitrogens is 5. The number of likely N-dealkylation sites (tertiary alicyclic amines) is 1. The third-order valence-corrected chi connectivity index (χ3v) is 5.33. The number of hydrogen-bond donors (Lipinski definition) is 0. The van der Waals surface area contributed by atoms with Crippen LogP contribution in [0.1, 0.15) is 35.9 Å². The minimum Gasteiger partial charge on any atom is -0.337 e. The lowest BCUT2D eigenvalue weighted by molar-refractivity contribution is 0.201. The van der Waals surface area contributed by atoms with E-state index in [2.05, 4.69) is 31.1 Å². The van der Waals surface area contributed by atoms with Crippen molar-refractivity contribution < 1.29 is 4.52 Å². The number of nitriles is 1. The maximum absolute atomic E-state index is 8.97. The SMILES string of the molecule is N#Cc1ccc(CN2CCCC2c2nc(-c3ccc(-n4ccnc4)nc3)no2)cc1. The zero-order valence-corrected chi connectivity index (χ0v) is 16.2. The highest BCUT2D eigenvalue weighted by Crippen LogP contribution is 2.33. The molecule has 0 bridgehead atoms. The van der Waals surface area contributed by atoms with Gasteiger partial charge in [-0.2, -0.15) is 10.2 Å². The predicted molar refractivity (Wildman–Crippen MR) is 108 cm³/mol. The molecule has 5 rings (SSSR count). The van der Waals surface area contributed by atoms with E-state index in [1.165, 1.54) is 5.56 Å². The molecular formula is C22H19N7O. The zero-order chi connectivity index (χ0) is 20.3. The Balaban J connectivity index is 1.32. The standard InChI is InChI=1S/C22H19N7O/c23-12-16-3-5-17(6-4-16)14-28-10-1-2-19(28)22-26-21(27-30-22)18-7-8-20(25-13-18)29-11-9-24-15-29/h3-9,11,13,15,19H,1-2,10,14H2. The Bertz CT molecular complexity index is 1160. The molecule has 0 aliphatic carbocycles. The lowest BCUT2D eigenvalue weighted by atomic mass is 10.1. The molecule has 0 amide bonds. The molecule has 1 unspecified atom stereocenters. The van der Waals surface area contributed by atoms with Crippen molar-refractivity contribution in [3.05, 3.63) is 78.3 Å². The summed E-state index contributed by atoms with van der Waals surface area (Å²) in [5, 5.41) is 13.1. The van der Waals surface area contributed by atoms with Gasteiger partial charge >= 0.3 is 0 Å². The number of nitrogens with zero attached hydrogens (tertiary/aromatic N) is 7. The van der Waals surface area contributed by atoms with Crippen molar-refractivity contribution in [1.29, 1.82) is 5.26 Å². The Morgan fingerprint density at radius 2 is 2.07 bits per heavy atom. The van der Waals surface area contributed by atoms with Crippen LogP contribution in [0.15, 0.2) is 65.8 Å². The maximum atomic E-state index is 8.97. The van der Waals surface area contributed by atoms with Gasteiger partial charge in [0.1, 0.15) is 12.1 Å². The molecule has 30 heavy (non-hydrogen) atoms. The molecule has 0 radical (unpaired) electrons. The first-order chi connectivity index (χ1) is 14.8. The lowest BCUT2D eigenvalue weighted by Crippen LogP contribution is -2.23. The fraction of sp³-hybridized carbons (Fsp3) is 0.227. The number of imidazole rings is 1. The van der Waals surface area contributed by atoms with Gasteiger partial charge in [-0.1, -0.05) is 17.3 Å². The van der Waals surface area contributed by atoms with Crippen LogP contribution in [0.2, 0.25) is 0 Å². The van der Waals surface area contributed by atoms with Crippen LogP contribution in [0.3, 0.4) is 0 Å². The van der Waals surface area contributed by atoms with E-state index in [1.54, 1.807) is 18.7 Å². The van der Waals surface area contributed by atoms with Gasteiger partial charge in [-0.15, -0.1) is 0 Å². The van der Waals surface area contributed by atoms with Crippen LogP contribution < -0.4 is 0 Å². The average molecular weight is 397 g/mol. The van der Waals surface area contributed by atoms with Crippen molar-refractivity contribution in [2.75, 3.05) is 6.54 Å². The van der Waals surface area contributed by atoms with Crippen molar-refractivity contribution >= 4 is 0 Å². The Hall–Kier alpha value is -3.83. The molecule has 3 aromatic heterocycles. The van der Waals surface area contributed by atoms with Gasteiger partial charge in [0.15, 0.2) is 0 Å². The molecule has 0 spiro atoms. The first-order valence-corrected chi connectivity index (χ1v) is 9.81. The highest BCUT2D eigenvalue weighted by atomic mass is 16.5. The van der Waals surface area contributed by atoms with Crippen LogP contribution in [-0.2, 0) is 6.54 Å². The topological polar surface area (TPSA) is 96.7 Å². The summed E-state index contributed by atoms with van der Waals surface area (Å²) in [7, 11) is 0. The summed E-state index contributed by atoms with van der Waals surface area (Å²) in [5.74, 6) is 1.96. The Kier molecular flexibility index (Phi) is 4.79. The number of rotatable bonds is 5. The second-order valence-corrected chi connectivity index (χ2v) is 7.27. The smallest absolute Gasteiger partial charge is 0.244 e. The van der Waals surface area contributed by atoms with Gasteiger partial charge in [-0.3, -0.25) is 9.47 Å². The molecule has 1 aliphatic heterocycles. The lowest BCUT2D eigenvalue weighted by Gasteiger charge is -2.21. The fourth-order valence-corrected chi connectivity index (χ4v) is 3.77. The monoisotopic (exact) mass is 397 g/mol. The van der Waals surface area contributed by atoms with Gasteiger partial charge in [0.2, 0.25) is 11.7 Å². The van der Waals surface area contributed by atoms with Gasteiger partial charge in [-0.05, 0) is 49.2 Å². The molecule has 4 heterocycles. The molecule has 0 saturated carbocycles. The molecule has 1 aliphatic rings. The summed E-state index contributed by atoms with van der Waals surface area (Å²) >= 11 is 0. The summed E-state index contributed by atoms with van der Waals surface area (Å²) in [5.41, 5.74) is 2.65. The first-order valence-electron chi connectivity index (χ1n) is 9.81. The van der Waals surface area contributed by atoms with Crippen molar-refractivity contribution in [3.8, 4) is 23.3 Å². The zero-order valence-electron chi connectivity index (χ0n) is 16.2. The van der Waals surface area contributed by atoms with Crippen LogP contribution in [0, 0.1) is 11.3 Å². The van der Waals surface area contributed by atoms with E-state index in [4.69, 9.17) is 9.78 Å². The largest absolute Gasteiger partial charge is 0.337 e. The molecule has 8 nitrogen and oxygen atoms in total. The summed E-state index contributed by atoms with van der Waals surface area (Å²) in [6.07, 6.45) is 9.07. The predicted octanol–water partition coefficient (Wildman–Crippen LogP) is 3.53. The van der Waals surface area contributed by atoms with Crippen LogP contribution in [0.25, 0.3) is 17.2 Å². The summed E-state index contributed by atoms with van der Waals surface area (Å²) in [6.45, 7) is 1.76. The third kappa shape index (κ3) is 3.58. The summed E-state index contributed by atoms with van der Waals surface area (Å²) in [4.78, 5) is 15.5. The second kappa shape index (κ2) is 7.89. The van der Waals surface area contributed by atoms with Gasteiger partial charge in [0.05, 0.1) is 17.7 Å². The van der Waals surface area contributed by atoms with Gasteiger partial charge in [-0.25, -0.2) is 9.97 Å².